The zero-order valence-electron chi connectivity index (χ0n) is 17.3. The van der Waals surface area contributed by atoms with Gasteiger partial charge in [0.15, 0.2) is 5.79 Å². The summed E-state index contributed by atoms with van der Waals surface area (Å²) in [5, 5.41) is 35.1. The molecular weight excluding hydrogens is 372 g/mol. The molecule has 0 fully saturated rings. The van der Waals surface area contributed by atoms with Crippen LogP contribution in [0.15, 0.2) is 60.7 Å². The van der Waals surface area contributed by atoms with E-state index in [0.29, 0.717) is 11.1 Å². The molecule has 0 aliphatic carbocycles. The van der Waals surface area contributed by atoms with Gasteiger partial charge in [0.25, 0.3) is 0 Å². The van der Waals surface area contributed by atoms with Crippen LogP contribution < -0.4 is 0 Å². The Morgan fingerprint density at radius 2 is 1.21 bits per heavy atom. The van der Waals surface area contributed by atoms with Crippen molar-refractivity contribution in [3.63, 3.8) is 0 Å². The fraction of sp³-hybridized carbons (Fsp3) is 0.391. The third kappa shape index (κ3) is 13.2. The number of carboxylic acid groups (broad SMARTS) is 2. The molecule has 160 valence electrons. The van der Waals surface area contributed by atoms with Gasteiger partial charge in [-0.15, -0.1) is 0 Å². The Morgan fingerprint density at radius 1 is 0.828 bits per heavy atom. The van der Waals surface area contributed by atoms with E-state index in [-0.39, 0.29) is 5.92 Å². The number of aliphatic hydroxyl groups is 2. The van der Waals surface area contributed by atoms with E-state index in [1.807, 2.05) is 6.92 Å². The van der Waals surface area contributed by atoms with Crippen molar-refractivity contribution in [2.24, 2.45) is 5.92 Å². The number of hydrogen-bond acceptors (Lipinski definition) is 4. The summed E-state index contributed by atoms with van der Waals surface area (Å²) in [6.07, 6.45) is 4.35. The monoisotopic (exact) mass is 404 g/mol. The molecule has 0 bridgehead atoms. The number of aromatic carboxylic acids is 2. The molecule has 6 nitrogen and oxygen atoms in total. The molecule has 0 spiro atoms. The third-order valence-corrected chi connectivity index (χ3v) is 4.22. The maximum Gasteiger partial charge on any atom is 0.335 e. The molecule has 1 unspecified atom stereocenters. The predicted molar refractivity (Wildman–Crippen MR) is 113 cm³/mol. The van der Waals surface area contributed by atoms with Gasteiger partial charge in [-0.05, 0) is 37.6 Å². The van der Waals surface area contributed by atoms with E-state index in [1.165, 1.54) is 19.8 Å². The van der Waals surface area contributed by atoms with Crippen molar-refractivity contribution >= 4 is 11.9 Å². The Bertz CT molecular complexity index is 643. The summed E-state index contributed by atoms with van der Waals surface area (Å²) in [5.41, 5.74) is 0.662. The van der Waals surface area contributed by atoms with Gasteiger partial charge < -0.3 is 20.4 Å². The van der Waals surface area contributed by atoms with Crippen LogP contribution in [-0.2, 0) is 0 Å². The van der Waals surface area contributed by atoms with E-state index in [9.17, 15) is 9.59 Å². The summed E-state index contributed by atoms with van der Waals surface area (Å²) in [7, 11) is 0. The maximum atomic E-state index is 10.2. The van der Waals surface area contributed by atoms with Crippen molar-refractivity contribution in [1.82, 2.24) is 0 Å². The molecule has 2 aromatic carbocycles. The second-order valence-corrected chi connectivity index (χ2v) is 6.83. The molecule has 0 aromatic heterocycles. The first-order valence-corrected chi connectivity index (χ1v) is 9.61. The molecule has 0 aliphatic rings. The molecule has 0 saturated heterocycles. The molecule has 0 heterocycles. The molecule has 1 atom stereocenters. The van der Waals surface area contributed by atoms with Crippen molar-refractivity contribution in [3.8, 4) is 0 Å². The normalized spacial score (nSPS) is 11.2. The molecule has 0 amide bonds. The molecule has 2 rings (SSSR count). The second-order valence-electron chi connectivity index (χ2n) is 6.83. The first-order valence-electron chi connectivity index (χ1n) is 9.61. The minimum Gasteiger partial charge on any atom is -0.478 e. The number of rotatable bonds is 7. The molecule has 6 heteroatoms. The molecule has 0 radical (unpaired) electrons. The predicted octanol–water partition coefficient (Wildman–Crippen LogP) is 4.67. The first-order chi connectivity index (χ1) is 13.6. The van der Waals surface area contributed by atoms with Gasteiger partial charge in [-0.1, -0.05) is 69.5 Å². The lowest BCUT2D eigenvalue weighted by molar-refractivity contribution is -0.182. The van der Waals surface area contributed by atoms with Crippen LogP contribution in [0.3, 0.4) is 0 Å². The van der Waals surface area contributed by atoms with Crippen molar-refractivity contribution in [1.29, 1.82) is 0 Å². The Balaban J connectivity index is 0.000000408. The zero-order valence-corrected chi connectivity index (χ0v) is 17.3. The van der Waals surface area contributed by atoms with Gasteiger partial charge in [0.05, 0.1) is 11.1 Å². The van der Waals surface area contributed by atoms with E-state index in [2.05, 4.69) is 6.92 Å². The van der Waals surface area contributed by atoms with Crippen LogP contribution in [0.4, 0.5) is 0 Å². The Morgan fingerprint density at radius 3 is 1.45 bits per heavy atom. The van der Waals surface area contributed by atoms with Gasteiger partial charge in [-0.2, -0.15) is 0 Å². The average Bonchev–Trinajstić information content (AvgIpc) is 2.69. The number of hydrogen-bond donors (Lipinski definition) is 4. The highest BCUT2D eigenvalue weighted by atomic mass is 16.5. The van der Waals surface area contributed by atoms with Gasteiger partial charge in [0, 0.05) is 5.92 Å². The number of benzene rings is 2. The van der Waals surface area contributed by atoms with Gasteiger partial charge >= 0.3 is 11.9 Å². The maximum absolute atomic E-state index is 10.2. The van der Waals surface area contributed by atoms with E-state index >= 15 is 0 Å². The highest BCUT2D eigenvalue weighted by molar-refractivity contribution is 5.87. The van der Waals surface area contributed by atoms with Gasteiger partial charge in [-0.25, -0.2) is 9.59 Å². The minimum atomic E-state index is -1.49. The zero-order chi connectivity index (χ0) is 22.3. The second kappa shape index (κ2) is 14.3. The fourth-order valence-electron chi connectivity index (χ4n) is 2.14. The molecule has 0 aliphatic heterocycles. The number of carbonyl (C=O) groups is 2. The average molecular weight is 405 g/mol. The van der Waals surface area contributed by atoms with Crippen molar-refractivity contribution in [2.75, 3.05) is 0 Å². The van der Waals surface area contributed by atoms with Crippen molar-refractivity contribution in [2.45, 2.75) is 52.2 Å². The Hall–Kier alpha value is -2.70. The fourth-order valence-corrected chi connectivity index (χ4v) is 2.14. The number of unbranched alkanes of at least 4 members (excludes halogenated alkanes) is 2. The standard InChI is InChI=1S/C9H20O2.2C7H6O2/c1-4-5-6-7-8(2)9(3,10)11;2*8-7(9)6-4-2-1-3-5-6/h8,10-11H,4-7H2,1-3H3;2*1-5H,(H,8,9). The molecular formula is C23H32O6. The van der Waals surface area contributed by atoms with Crippen LogP contribution in [0.25, 0.3) is 0 Å². The SMILES string of the molecule is CCCCCC(C)C(C)(O)O.O=C(O)c1ccccc1.O=C(O)c1ccccc1. The van der Waals surface area contributed by atoms with Gasteiger partial charge in [-0.3, -0.25) is 0 Å². The first kappa shape index (κ1) is 26.3. The smallest absolute Gasteiger partial charge is 0.335 e. The van der Waals surface area contributed by atoms with Crippen molar-refractivity contribution in [3.05, 3.63) is 71.8 Å². The summed E-state index contributed by atoms with van der Waals surface area (Å²) in [5.74, 6) is -3.27. The quantitative estimate of drug-likeness (QED) is 0.394. The summed E-state index contributed by atoms with van der Waals surface area (Å²) in [6, 6.07) is 16.6. The van der Waals surface area contributed by atoms with E-state index in [1.54, 1.807) is 60.7 Å². The van der Waals surface area contributed by atoms with Crippen LogP contribution in [-0.4, -0.2) is 38.2 Å². The molecule has 2 aromatic rings. The van der Waals surface area contributed by atoms with Crippen molar-refractivity contribution < 1.29 is 30.0 Å². The van der Waals surface area contributed by atoms with E-state index < -0.39 is 17.7 Å². The highest BCUT2D eigenvalue weighted by Crippen LogP contribution is 2.19. The third-order valence-electron chi connectivity index (χ3n) is 4.22. The van der Waals surface area contributed by atoms with Crippen LogP contribution in [0, 0.1) is 5.92 Å². The van der Waals surface area contributed by atoms with Gasteiger partial charge in [0.1, 0.15) is 0 Å². The minimum absolute atomic E-state index is 0.0194. The van der Waals surface area contributed by atoms with Crippen LogP contribution in [0.5, 0.6) is 0 Å². The summed E-state index contributed by atoms with van der Waals surface area (Å²) < 4.78 is 0. The summed E-state index contributed by atoms with van der Waals surface area (Å²) >= 11 is 0. The lowest BCUT2D eigenvalue weighted by atomic mass is 9.96. The molecule has 4 N–H and O–H groups in total. The largest absolute Gasteiger partial charge is 0.478 e. The molecule has 29 heavy (non-hydrogen) atoms. The van der Waals surface area contributed by atoms with E-state index in [4.69, 9.17) is 20.4 Å². The molecule has 0 saturated carbocycles. The summed E-state index contributed by atoms with van der Waals surface area (Å²) in [4.78, 5) is 20.4. The Kier molecular flexibility index (Phi) is 13.0. The summed E-state index contributed by atoms with van der Waals surface area (Å²) in [6.45, 7) is 5.46. The highest BCUT2D eigenvalue weighted by Gasteiger charge is 2.23. The van der Waals surface area contributed by atoms with Crippen LogP contribution in [0.2, 0.25) is 0 Å². The Labute approximate surface area is 172 Å². The van der Waals surface area contributed by atoms with Crippen LogP contribution in [0.1, 0.15) is 67.2 Å². The van der Waals surface area contributed by atoms with E-state index in [0.717, 1.165) is 12.8 Å². The van der Waals surface area contributed by atoms with Gasteiger partial charge in [0.2, 0.25) is 0 Å². The lowest BCUT2D eigenvalue weighted by Crippen LogP contribution is -2.31. The topological polar surface area (TPSA) is 115 Å². The lowest BCUT2D eigenvalue weighted by Gasteiger charge is -2.23. The van der Waals surface area contributed by atoms with Crippen LogP contribution >= 0.6 is 0 Å². The number of carboxylic acids is 2.